The van der Waals surface area contributed by atoms with Gasteiger partial charge in [-0.1, -0.05) is 6.07 Å². The monoisotopic (exact) mass is 325 g/mol. The van der Waals surface area contributed by atoms with E-state index in [2.05, 4.69) is 4.72 Å². The van der Waals surface area contributed by atoms with Gasteiger partial charge < -0.3 is 10.2 Å². The number of phenols is 1. The molecule has 0 fully saturated rings. The van der Waals surface area contributed by atoms with Crippen molar-refractivity contribution in [3.63, 3.8) is 0 Å². The number of aromatic hydroxyl groups is 1. The van der Waals surface area contributed by atoms with Crippen LogP contribution >= 0.6 is 0 Å². The number of anilines is 1. The van der Waals surface area contributed by atoms with Gasteiger partial charge >= 0.3 is 5.97 Å². The van der Waals surface area contributed by atoms with E-state index in [0.29, 0.717) is 5.56 Å². The molecule has 0 unspecified atom stereocenters. The van der Waals surface area contributed by atoms with Crippen LogP contribution in [0.15, 0.2) is 41.3 Å². The highest BCUT2D eigenvalue weighted by molar-refractivity contribution is 7.92. The first-order valence-corrected chi connectivity index (χ1v) is 7.54. The third-order valence-electron chi connectivity index (χ3n) is 2.82. The fraction of sp³-hybridized carbons (Fsp3) is 0.0714. The highest BCUT2D eigenvalue weighted by Crippen LogP contribution is 2.30. The zero-order valence-corrected chi connectivity index (χ0v) is 12.2. The second-order valence-electron chi connectivity index (χ2n) is 4.58. The Kier molecular flexibility index (Phi) is 4.05. The molecule has 6 nitrogen and oxygen atoms in total. The van der Waals surface area contributed by atoms with E-state index in [1.54, 1.807) is 0 Å². The van der Waals surface area contributed by atoms with Crippen LogP contribution in [0.5, 0.6) is 5.75 Å². The van der Waals surface area contributed by atoms with Gasteiger partial charge in [0.05, 0.1) is 5.69 Å². The largest absolute Gasteiger partial charge is 0.506 e. The van der Waals surface area contributed by atoms with Crippen molar-refractivity contribution in [3.8, 4) is 5.75 Å². The van der Waals surface area contributed by atoms with Gasteiger partial charge in [0.15, 0.2) is 5.75 Å². The molecule has 3 N–H and O–H groups in total. The molecule has 0 saturated carbocycles. The van der Waals surface area contributed by atoms with E-state index in [4.69, 9.17) is 5.11 Å². The zero-order chi connectivity index (χ0) is 16.5. The quantitative estimate of drug-likeness (QED) is 0.800. The van der Waals surface area contributed by atoms with Crippen LogP contribution in [0.2, 0.25) is 0 Å². The molecule has 0 heterocycles. The normalized spacial score (nSPS) is 11.2. The van der Waals surface area contributed by atoms with E-state index >= 15 is 0 Å². The molecule has 0 amide bonds. The van der Waals surface area contributed by atoms with Gasteiger partial charge in [0.1, 0.15) is 16.3 Å². The number of hydrogen-bond acceptors (Lipinski definition) is 4. The Morgan fingerprint density at radius 1 is 1.23 bits per heavy atom. The van der Waals surface area contributed by atoms with Crippen LogP contribution in [0.1, 0.15) is 15.9 Å². The van der Waals surface area contributed by atoms with Gasteiger partial charge in [-0.15, -0.1) is 0 Å². The maximum atomic E-state index is 13.1. The first-order valence-electron chi connectivity index (χ1n) is 6.06. The Labute approximate surface area is 125 Å². The minimum absolute atomic E-state index is 0.0437. The number of aryl methyl sites for hydroxylation is 1. The molecule has 0 aliphatic heterocycles. The first kappa shape index (κ1) is 15.8. The van der Waals surface area contributed by atoms with Crippen LogP contribution < -0.4 is 4.72 Å². The Morgan fingerprint density at radius 3 is 2.50 bits per heavy atom. The lowest BCUT2D eigenvalue weighted by molar-refractivity contribution is 0.0693. The minimum atomic E-state index is -4.27. The average Bonchev–Trinajstić information content (AvgIpc) is 2.40. The summed E-state index contributed by atoms with van der Waals surface area (Å²) >= 11 is 0. The van der Waals surface area contributed by atoms with Crippen LogP contribution in [-0.2, 0) is 10.0 Å². The number of aromatic carboxylic acids is 1. The topological polar surface area (TPSA) is 104 Å². The molecule has 0 bridgehead atoms. The lowest BCUT2D eigenvalue weighted by Crippen LogP contribution is -2.14. The molecule has 0 spiro atoms. The number of benzene rings is 2. The summed E-state index contributed by atoms with van der Waals surface area (Å²) < 4.78 is 39.7. The Bertz CT molecular complexity index is 848. The van der Waals surface area contributed by atoms with Crippen LogP contribution in [0.4, 0.5) is 10.1 Å². The second-order valence-corrected chi connectivity index (χ2v) is 6.23. The molecule has 2 aromatic carbocycles. The summed E-state index contributed by atoms with van der Waals surface area (Å²) in [5.74, 6) is -2.97. The molecule has 2 aromatic rings. The van der Waals surface area contributed by atoms with Gasteiger partial charge in [-0.25, -0.2) is 17.6 Å². The summed E-state index contributed by atoms with van der Waals surface area (Å²) in [5, 5.41) is 18.9. The maximum Gasteiger partial charge on any atom is 0.339 e. The highest BCUT2D eigenvalue weighted by atomic mass is 32.2. The van der Waals surface area contributed by atoms with Crippen molar-refractivity contribution in [3.05, 3.63) is 53.3 Å². The average molecular weight is 325 g/mol. The van der Waals surface area contributed by atoms with E-state index in [0.717, 1.165) is 24.3 Å². The molecule has 0 aliphatic rings. The fourth-order valence-corrected chi connectivity index (χ4v) is 3.13. The van der Waals surface area contributed by atoms with E-state index in [1.807, 2.05) is 0 Å². The standard InChI is InChI=1S/C14H12FNO5S/c1-8-5-11(14(18)19)13(17)12(6-8)22(20,21)16-10-4-2-3-9(15)7-10/h2-7,16-17H,1H3,(H,18,19). The SMILES string of the molecule is Cc1cc(C(=O)O)c(O)c(S(=O)(=O)Nc2cccc(F)c2)c1. The predicted molar refractivity (Wildman–Crippen MR) is 77.0 cm³/mol. The lowest BCUT2D eigenvalue weighted by Gasteiger charge is -2.12. The molecule has 0 aromatic heterocycles. The van der Waals surface area contributed by atoms with Crippen molar-refractivity contribution < 1.29 is 27.8 Å². The number of rotatable bonds is 4. The molecule has 8 heteroatoms. The molecular formula is C14H12FNO5S. The Morgan fingerprint density at radius 2 is 1.91 bits per heavy atom. The van der Waals surface area contributed by atoms with Crippen LogP contribution in [0, 0.1) is 12.7 Å². The van der Waals surface area contributed by atoms with Gasteiger partial charge in [0.2, 0.25) is 0 Å². The zero-order valence-electron chi connectivity index (χ0n) is 11.4. The number of carboxylic acids is 1. The fourth-order valence-electron chi connectivity index (χ4n) is 1.88. The van der Waals surface area contributed by atoms with Crippen LogP contribution in [-0.4, -0.2) is 24.6 Å². The summed E-state index contributed by atoms with van der Waals surface area (Å²) in [6.45, 7) is 1.49. The van der Waals surface area contributed by atoms with E-state index in [9.17, 15) is 22.7 Å². The van der Waals surface area contributed by atoms with Gasteiger partial charge in [-0.3, -0.25) is 4.72 Å². The van der Waals surface area contributed by atoms with Crippen molar-refractivity contribution in [2.75, 3.05) is 4.72 Å². The van der Waals surface area contributed by atoms with Crippen molar-refractivity contribution in [1.29, 1.82) is 0 Å². The van der Waals surface area contributed by atoms with Gasteiger partial charge in [0.25, 0.3) is 10.0 Å². The molecule has 2 rings (SSSR count). The smallest absolute Gasteiger partial charge is 0.339 e. The summed E-state index contributed by atoms with van der Waals surface area (Å²) in [5.41, 5.74) is -0.229. The second kappa shape index (κ2) is 5.64. The van der Waals surface area contributed by atoms with Crippen molar-refractivity contribution in [2.24, 2.45) is 0 Å². The third kappa shape index (κ3) is 3.17. The van der Waals surface area contributed by atoms with Crippen molar-refractivity contribution >= 4 is 21.7 Å². The van der Waals surface area contributed by atoms with Gasteiger partial charge in [-0.05, 0) is 42.8 Å². The van der Waals surface area contributed by atoms with Crippen LogP contribution in [0.25, 0.3) is 0 Å². The van der Waals surface area contributed by atoms with Crippen molar-refractivity contribution in [2.45, 2.75) is 11.8 Å². The summed E-state index contributed by atoms with van der Waals surface area (Å²) in [6, 6.07) is 7.02. The molecule has 22 heavy (non-hydrogen) atoms. The number of halogens is 1. The van der Waals surface area contributed by atoms with Gasteiger partial charge in [-0.2, -0.15) is 0 Å². The predicted octanol–water partition coefficient (Wildman–Crippen LogP) is 2.34. The summed E-state index contributed by atoms with van der Waals surface area (Å²) in [7, 11) is -4.27. The molecule has 0 saturated heterocycles. The highest BCUT2D eigenvalue weighted by Gasteiger charge is 2.24. The molecule has 0 radical (unpaired) electrons. The molecule has 0 atom stereocenters. The number of sulfonamides is 1. The van der Waals surface area contributed by atoms with E-state index in [1.165, 1.54) is 19.1 Å². The van der Waals surface area contributed by atoms with E-state index < -0.39 is 38.0 Å². The Hall–Kier alpha value is -2.61. The molecular weight excluding hydrogens is 313 g/mol. The third-order valence-corrected chi connectivity index (χ3v) is 4.21. The number of carboxylic acid groups (broad SMARTS) is 1. The number of nitrogens with one attached hydrogen (secondary N) is 1. The summed E-state index contributed by atoms with van der Waals surface area (Å²) in [4.78, 5) is 10.4. The van der Waals surface area contributed by atoms with Crippen LogP contribution in [0.3, 0.4) is 0 Å². The lowest BCUT2D eigenvalue weighted by atomic mass is 10.1. The Balaban J connectivity index is 2.52. The minimum Gasteiger partial charge on any atom is -0.506 e. The molecule has 0 aliphatic carbocycles. The van der Waals surface area contributed by atoms with Crippen molar-refractivity contribution in [1.82, 2.24) is 0 Å². The molecule has 116 valence electrons. The maximum absolute atomic E-state index is 13.1. The summed E-state index contributed by atoms with van der Waals surface area (Å²) in [6.07, 6.45) is 0. The number of carbonyl (C=O) groups is 1. The van der Waals surface area contributed by atoms with E-state index in [-0.39, 0.29) is 5.69 Å². The van der Waals surface area contributed by atoms with Gasteiger partial charge in [0, 0.05) is 0 Å². The first-order chi connectivity index (χ1) is 10.2. The number of hydrogen-bond donors (Lipinski definition) is 3.